The highest BCUT2D eigenvalue weighted by Gasteiger charge is 2.06. The highest BCUT2D eigenvalue weighted by Crippen LogP contribution is 1.91. The van der Waals surface area contributed by atoms with Crippen LogP contribution in [0.1, 0.15) is 0 Å². The van der Waals surface area contributed by atoms with Crippen molar-refractivity contribution in [3.8, 4) is 0 Å². The van der Waals surface area contributed by atoms with Crippen LogP contribution in [-0.4, -0.2) is 85.3 Å². The summed E-state index contributed by atoms with van der Waals surface area (Å²) in [6.45, 7) is -0.163. The molecule has 8 nitrogen and oxygen atoms in total. The van der Waals surface area contributed by atoms with Crippen molar-refractivity contribution >= 4 is 16.1 Å². The van der Waals surface area contributed by atoms with Crippen molar-refractivity contribution < 1.29 is 38.5 Å². The van der Waals surface area contributed by atoms with Crippen molar-refractivity contribution in [2.24, 2.45) is 0 Å². The van der Waals surface area contributed by atoms with E-state index in [4.69, 9.17) is 35.0 Å². The first kappa shape index (κ1) is 18.8. The van der Waals surface area contributed by atoms with Crippen LogP contribution in [0.3, 0.4) is 0 Å². The summed E-state index contributed by atoms with van der Waals surface area (Å²) in [4.78, 5) is 0. The molecule has 0 fully saturated rings. The minimum atomic E-state index is -0.811. The second-order valence-electron chi connectivity index (χ2n) is 3.48. The lowest BCUT2D eigenvalue weighted by atomic mass is 10.4. The topological polar surface area (TPSA) is 95.8 Å². The van der Waals surface area contributed by atoms with Crippen LogP contribution in [0.5, 0.6) is 0 Å². The molecule has 0 aromatic carbocycles. The van der Waals surface area contributed by atoms with E-state index >= 15 is 0 Å². The summed E-state index contributed by atoms with van der Waals surface area (Å²) < 4.78 is 27.9. The average Bonchev–Trinajstić information content (AvgIpc) is 2.39. The van der Waals surface area contributed by atoms with Crippen LogP contribution in [-0.2, 0) is 28.3 Å². The number of aliphatic hydroxyl groups excluding tert-OH is 2. The Hall–Kier alpha value is -0.190. The SMILES string of the molecule is [B]OCOCC(O)COCOCC(O)COCO[B]. The van der Waals surface area contributed by atoms with Crippen molar-refractivity contribution in [3.63, 3.8) is 0 Å². The Morgan fingerprint density at radius 1 is 0.632 bits per heavy atom. The highest BCUT2D eigenvalue weighted by atomic mass is 16.7. The second-order valence-corrected chi connectivity index (χ2v) is 3.48. The van der Waals surface area contributed by atoms with Crippen LogP contribution in [0.4, 0.5) is 0 Å². The molecule has 2 unspecified atom stereocenters. The molecular formula is C9H18B2O8. The van der Waals surface area contributed by atoms with Gasteiger partial charge >= 0.3 is 0 Å². The van der Waals surface area contributed by atoms with Crippen molar-refractivity contribution in [2.75, 3.05) is 46.8 Å². The predicted octanol–water partition coefficient (Wildman–Crippen LogP) is -2.15. The molecule has 0 heterocycles. The Morgan fingerprint density at radius 3 is 1.26 bits per heavy atom. The number of ether oxygens (including phenoxy) is 4. The van der Waals surface area contributed by atoms with E-state index in [-0.39, 0.29) is 46.8 Å². The molecule has 0 aliphatic rings. The minimum absolute atomic E-state index is 0.0260. The fourth-order valence-electron chi connectivity index (χ4n) is 0.988. The van der Waals surface area contributed by atoms with Gasteiger partial charge in [-0.25, -0.2) is 0 Å². The van der Waals surface area contributed by atoms with Gasteiger partial charge in [-0.3, -0.25) is 0 Å². The molecule has 0 rings (SSSR count). The summed E-state index contributed by atoms with van der Waals surface area (Å²) in [6, 6.07) is 0. The van der Waals surface area contributed by atoms with E-state index in [2.05, 4.69) is 9.31 Å². The maximum Gasteiger partial charge on any atom is 0.285 e. The summed E-state index contributed by atoms with van der Waals surface area (Å²) in [5, 5.41) is 18.7. The highest BCUT2D eigenvalue weighted by molar-refractivity contribution is 5.98. The minimum Gasteiger partial charge on any atom is -0.427 e. The molecule has 0 bridgehead atoms. The molecular weight excluding hydrogens is 258 g/mol. The molecule has 2 N–H and O–H groups in total. The van der Waals surface area contributed by atoms with Crippen molar-refractivity contribution in [2.45, 2.75) is 12.2 Å². The standard InChI is InChI=1S/C9H18B2O8/c10-18-6-16-3-8(12)1-14-5-15-2-9(13)4-17-7-19-11/h8-9,12-13H,1-7H2. The Labute approximate surface area is 114 Å². The van der Waals surface area contributed by atoms with E-state index in [0.29, 0.717) is 0 Å². The Bertz CT molecular complexity index is 170. The first-order valence-corrected chi connectivity index (χ1v) is 5.51. The van der Waals surface area contributed by atoms with Crippen LogP contribution in [0.15, 0.2) is 0 Å². The number of rotatable bonds is 14. The second kappa shape index (κ2) is 14.2. The van der Waals surface area contributed by atoms with Gasteiger partial charge in [-0.05, 0) is 0 Å². The molecule has 4 radical (unpaired) electrons. The summed E-state index contributed by atoms with van der Waals surface area (Å²) >= 11 is 0. The molecule has 0 aliphatic heterocycles. The molecule has 0 saturated carbocycles. The van der Waals surface area contributed by atoms with Crippen LogP contribution in [0.2, 0.25) is 0 Å². The van der Waals surface area contributed by atoms with Crippen LogP contribution < -0.4 is 0 Å². The molecule has 0 saturated heterocycles. The van der Waals surface area contributed by atoms with Gasteiger partial charge in [-0.1, -0.05) is 0 Å². The van der Waals surface area contributed by atoms with Crippen LogP contribution >= 0.6 is 0 Å². The molecule has 108 valence electrons. The largest absolute Gasteiger partial charge is 0.427 e. The Balaban J connectivity index is 3.24. The smallest absolute Gasteiger partial charge is 0.285 e. The van der Waals surface area contributed by atoms with E-state index in [1.807, 2.05) is 0 Å². The van der Waals surface area contributed by atoms with Crippen LogP contribution in [0, 0.1) is 0 Å². The fraction of sp³-hybridized carbons (Fsp3) is 1.00. The first-order valence-electron chi connectivity index (χ1n) is 5.51. The lowest BCUT2D eigenvalue weighted by molar-refractivity contribution is -0.121. The molecule has 19 heavy (non-hydrogen) atoms. The van der Waals surface area contributed by atoms with E-state index in [0.717, 1.165) is 0 Å². The van der Waals surface area contributed by atoms with Crippen molar-refractivity contribution in [3.05, 3.63) is 0 Å². The third kappa shape index (κ3) is 14.0. The van der Waals surface area contributed by atoms with Gasteiger partial charge in [-0.15, -0.1) is 0 Å². The third-order valence-corrected chi connectivity index (χ3v) is 1.71. The fourth-order valence-corrected chi connectivity index (χ4v) is 0.988. The van der Waals surface area contributed by atoms with E-state index in [9.17, 15) is 10.2 Å². The lowest BCUT2D eigenvalue weighted by Crippen LogP contribution is -2.25. The molecule has 10 heteroatoms. The molecule has 0 aliphatic carbocycles. The molecule has 2 atom stereocenters. The Kier molecular flexibility index (Phi) is 14.1. The normalized spacial score (nSPS) is 14.4. The first-order chi connectivity index (χ1) is 9.20. The quantitative estimate of drug-likeness (QED) is 0.210. The zero-order valence-electron chi connectivity index (χ0n) is 10.6. The van der Waals surface area contributed by atoms with Gasteiger partial charge in [0.2, 0.25) is 0 Å². The van der Waals surface area contributed by atoms with Gasteiger partial charge in [0.15, 0.2) is 0 Å². The molecule has 0 aromatic heterocycles. The molecule has 0 aromatic rings. The summed E-state index contributed by atoms with van der Waals surface area (Å²) in [5.74, 6) is 0. The maximum absolute atomic E-state index is 9.33. The van der Waals surface area contributed by atoms with Gasteiger partial charge < -0.3 is 38.5 Å². The summed E-state index contributed by atoms with van der Waals surface area (Å²) in [6.07, 6.45) is -1.62. The van der Waals surface area contributed by atoms with E-state index in [1.165, 1.54) is 0 Å². The maximum atomic E-state index is 9.33. The van der Waals surface area contributed by atoms with Crippen molar-refractivity contribution in [1.29, 1.82) is 0 Å². The van der Waals surface area contributed by atoms with Gasteiger partial charge in [0.1, 0.15) is 32.6 Å². The molecule has 0 spiro atoms. The van der Waals surface area contributed by atoms with Gasteiger partial charge in [-0.2, -0.15) is 0 Å². The predicted molar refractivity (Wildman–Crippen MR) is 64.1 cm³/mol. The van der Waals surface area contributed by atoms with Crippen molar-refractivity contribution in [1.82, 2.24) is 0 Å². The monoisotopic (exact) mass is 276 g/mol. The Morgan fingerprint density at radius 2 is 0.947 bits per heavy atom. The van der Waals surface area contributed by atoms with E-state index < -0.39 is 12.2 Å². The summed E-state index contributed by atoms with van der Waals surface area (Å²) in [5.41, 5.74) is 0. The number of hydrogen-bond donors (Lipinski definition) is 2. The average molecular weight is 276 g/mol. The third-order valence-electron chi connectivity index (χ3n) is 1.71. The van der Waals surface area contributed by atoms with E-state index in [1.54, 1.807) is 0 Å². The zero-order valence-corrected chi connectivity index (χ0v) is 10.6. The number of aliphatic hydroxyl groups is 2. The molecule has 0 amide bonds. The summed E-state index contributed by atoms with van der Waals surface area (Å²) in [7, 11) is 9.44. The van der Waals surface area contributed by atoms with Gasteiger partial charge in [0.05, 0.1) is 26.4 Å². The zero-order chi connectivity index (χ0) is 14.3. The van der Waals surface area contributed by atoms with Gasteiger partial charge in [0.25, 0.3) is 16.1 Å². The van der Waals surface area contributed by atoms with Crippen LogP contribution in [0.25, 0.3) is 0 Å². The lowest BCUT2D eigenvalue weighted by Gasteiger charge is -2.13. The van der Waals surface area contributed by atoms with Gasteiger partial charge in [0, 0.05) is 0 Å². The number of hydrogen-bond acceptors (Lipinski definition) is 8.